The van der Waals surface area contributed by atoms with E-state index < -0.39 is 0 Å². The Kier molecular flexibility index (Phi) is 5.37. The number of rotatable bonds is 6. The van der Waals surface area contributed by atoms with E-state index >= 15 is 0 Å². The predicted octanol–water partition coefficient (Wildman–Crippen LogP) is 4.03. The number of carbonyl (C=O) groups excluding carboxylic acids is 2. The highest BCUT2D eigenvalue weighted by atomic mass is 16.7. The van der Waals surface area contributed by atoms with Crippen molar-refractivity contribution in [2.75, 3.05) is 30.2 Å². The van der Waals surface area contributed by atoms with Gasteiger partial charge in [0.2, 0.25) is 6.79 Å². The molecule has 1 N–H and O–H groups in total. The molecule has 2 amide bonds. The second kappa shape index (κ2) is 8.63. The first-order valence-corrected chi connectivity index (χ1v) is 10.5. The predicted molar refractivity (Wildman–Crippen MR) is 120 cm³/mol. The zero-order valence-corrected chi connectivity index (χ0v) is 17.4. The van der Waals surface area contributed by atoms with Crippen LogP contribution in [0.2, 0.25) is 0 Å². The number of hydrogen-bond donors (Lipinski definition) is 1. The summed E-state index contributed by atoms with van der Waals surface area (Å²) in [7, 11) is 0. The van der Waals surface area contributed by atoms with E-state index in [4.69, 9.17) is 14.2 Å². The van der Waals surface area contributed by atoms with Crippen LogP contribution in [-0.4, -0.2) is 31.8 Å². The first-order valence-electron chi connectivity index (χ1n) is 10.5. The van der Waals surface area contributed by atoms with Crippen LogP contribution in [0.1, 0.15) is 22.3 Å². The number of nitrogens with zero attached hydrogens (tertiary/aromatic N) is 1. The molecule has 7 nitrogen and oxygen atoms in total. The van der Waals surface area contributed by atoms with E-state index in [1.165, 1.54) is 5.56 Å². The Morgan fingerprint density at radius 2 is 1.72 bits per heavy atom. The fraction of sp³-hybridized carbons (Fsp3) is 0.200. The number of hydrogen-bond acceptors (Lipinski definition) is 5. The molecule has 0 saturated carbocycles. The maximum atomic E-state index is 12.7. The Bertz CT molecular complexity index is 1160. The molecule has 2 aliphatic rings. The van der Waals surface area contributed by atoms with Crippen molar-refractivity contribution in [2.45, 2.75) is 12.8 Å². The molecule has 3 aromatic rings. The van der Waals surface area contributed by atoms with Gasteiger partial charge < -0.3 is 24.4 Å². The van der Waals surface area contributed by atoms with Crippen LogP contribution in [0.15, 0.2) is 66.7 Å². The maximum absolute atomic E-state index is 12.7. The van der Waals surface area contributed by atoms with E-state index in [1.54, 1.807) is 41.3 Å². The van der Waals surface area contributed by atoms with E-state index in [9.17, 15) is 9.59 Å². The average Bonchev–Trinajstić information content (AvgIpc) is 3.29. The summed E-state index contributed by atoms with van der Waals surface area (Å²) in [5.41, 5.74) is 2.94. The van der Waals surface area contributed by atoms with Gasteiger partial charge in [0.05, 0.1) is 5.69 Å². The number of anilines is 2. The van der Waals surface area contributed by atoms with Crippen molar-refractivity contribution in [1.29, 1.82) is 0 Å². The van der Waals surface area contributed by atoms with Crippen LogP contribution in [0.3, 0.4) is 0 Å². The molecule has 0 fully saturated rings. The molecule has 0 bridgehead atoms. The molecule has 0 aliphatic carbocycles. The number of ether oxygens (including phenoxy) is 3. The van der Waals surface area contributed by atoms with Crippen molar-refractivity contribution in [1.82, 2.24) is 0 Å². The molecule has 0 radical (unpaired) electrons. The van der Waals surface area contributed by atoms with Crippen molar-refractivity contribution < 1.29 is 23.8 Å². The fourth-order valence-corrected chi connectivity index (χ4v) is 3.85. The minimum atomic E-state index is -0.276. The molecule has 32 heavy (non-hydrogen) atoms. The van der Waals surface area contributed by atoms with Crippen molar-refractivity contribution in [2.24, 2.45) is 0 Å². The van der Waals surface area contributed by atoms with Gasteiger partial charge in [-0.1, -0.05) is 30.3 Å². The largest absolute Gasteiger partial charge is 0.482 e. The highest BCUT2D eigenvalue weighted by Crippen LogP contribution is 2.36. The van der Waals surface area contributed by atoms with Crippen molar-refractivity contribution in [3.05, 3.63) is 77.9 Å². The smallest absolute Gasteiger partial charge is 0.265 e. The molecule has 2 heterocycles. The number of aryl methyl sites for hydroxylation is 1. The minimum absolute atomic E-state index is 0.0151. The first-order chi connectivity index (χ1) is 15.7. The third-order valence-electron chi connectivity index (χ3n) is 5.48. The van der Waals surface area contributed by atoms with Gasteiger partial charge >= 0.3 is 0 Å². The molecule has 2 aliphatic heterocycles. The molecule has 3 aromatic carbocycles. The Morgan fingerprint density at radius 1 is 0.906 bits per heavy atom. The first kappa shape index (κ1) is 19.9. The standard InChI is InChI=1S/C25H22N2O5/c28-24-15-30-21-11-9-19(26-25(29)18-8-10-22-23(13-18)32-16-31-22)14-20(21)27(24)12-4-7-17-5-2-1-3-6-17/h1-3,5-6,8-11,13-14H,4,7,12,15-16H2,(H,26,29). The van der Waals surface area contributed by atoms with Crippen LogP contribution in [0.5, 0.6) is 17.2 Å². The lowest BCUT2D eigenvalue weighted by Crippen LogP contribution is -2.39. The highest BCUT2D eigenvalue weighted by Gasteiger charge is 2.26. The van der Waals surface area contributed by atoms with Gasteiger partial charge in [-0.25, -0.2) is 0 Å². The Hall–Kier alpha value is -4.00. The molecule has 0 aromatic heterocycles. The van der Waals surface area contributed by atoms with Crippen LogP contribution >= 0.6 is 0 Å². The summed E-state index contributed by atoms with van der Waals surface area (Å²) in [4.78, 5) is 27.0. The van der Waals surface area contributed by atoms with Gasteiger partial charge in [0, 0.05) is 17.8 Å². The summed E-state index contributed by atoms with van der Waals surface area (Å²) in [6.45, 7) is 0.740. The van der Waals surface area contributed by atoms with Crippen LogP contribution in [0.25, 0.3) is 0 Å². The molecule has 0 atom stereocenters. The fourth-order valence-electron chi connectivity index (χ4n) is 3.85. The van der Waals surface area contributed by atoms with Gasteiger partial charge in [0.1, 0.15) is 5.75 Å². The van der Waals surface area contributed by atoms with Gasteiger partial charge in [-0.3, -0.25) is 9.59 Å². The maximum Gasteiger partial charge on any atom is 0.265 e. The summed E-state index contributed by atoms with van der Waals surface area (Å²) in [6.07, 6.45) is 1.70. The lowest BCUT2D eigenvalue weighted by Gasteiger charge is -2.30. The third kappa shape index (κ3) is 4.09. The third-order valence-corrected chi connectivity index (χ3v) is 5.48. The molecule has 0 saturated heterocycles. The van der Waals surface area contributed by atoms with Crippen LogP contribution < -0.4 is 24.4 Å². The summed E-state index contributed by atoms with van der Waals surface area (Å²) in [6, 6.07) is 20.6. The number of fused-ring (bicyclic) bond motifs is 2. The topological polar surface area (TPSA) is 77.1 Å². The Morgan fingerprint density at radius 3 is 2.59 bits per heavy atom. The van der Waals surface area contributed by atoms with E-state index in [-0.39, 0.29) is 25.2 Å². The van der Waals surface area contributed by atoms with Crippen molar-refractivity contribution in [3.63, 3.8) is 0 Å². The Balaban J connectivity index is 1.30. The zero-order chi connectivity index (χ0) is 21.9. The molecular weight excluding hydrogens is 408 g/mol. The van der Waals surface area contributed by atoms with E-state index in [2.05, 4.69) is 17.4 Å². The quantitative estimate of drug-likeness (QED) is 0.639. The van der Waals surface area contributed by atoms with E-state index in [0.29, 0.717) is 40.7 Å². The van der Waals surface area contributed by atoms with Crippen molar-refractivity contribution >= 4 is 23.2 Å². The molecule has 7 heteroatoms. The van der Waals surface area contributed by atoms with Crippen LogP contribution in [0, 0.1) is 0 Å². The van der Waals surface area contributed by atoms with Gasteiger partial charge in [-0.2, -0.15) is 0 Å². The van der Waals surface area contributed by atoms with Crippen LogP contribution in [-0.2, 0) is 11.2 Å². The molecule has 0 unspecified atom stereocenters. The summed E-state index contributed by atoms with van der Waals surface area (Å²) >= 11 is 0. The average molecular weight is 430 g/mol. The Labute approximate surface area is 185 Å². The summed E-state index contributed by atoms with van der Waals surface area (Å²) in [5, 5.41) is 2.89. The zero-order valence-electron chi connectivity index (χ0n) is 17.4. The number of nitrogens with one attached hydrogen (secondary N) is 1. The molecule has 5 rings (SSSR count). The lowest BCUT2D eigenvalue weighted by molar-refractivity contribution is -0.121. The number of amides is 2. The number of carbonyl (C=O) groups is 2. The van der Waals surface area contributed by atoms with Crippen LogP contribution in [0.4, 0.5) is 11.4 Å². The minimum Gasteiger partial charge on any atom is -0.482 e. The number of benzene rings is 3. The molecule has 0 spiro atoms. The molecule has 162 valence electrons. The van der Waals surface area contributed by atoms with Gasteiger partial charge in [0.25, 0.3) is 11.8 Å². The second-order valence-electron chi connectivity index (χ2n) is 7.63. The van der Waals surface area contributed by atoms with Gasteiger partial charge in [0.15, 0.2) is 18.1 Å². The van der Waals surface area contributed by atoms with E-state index in [0.717, 1.165) is 12.8 Å². The lowest BCUT2D eigenvalue weighted by atomic mass is 10.1. The van der Waals surface area contributed by atoms with E-state index in [1.807, 2.05) is 18.2 Å². The molecular formula is C25H22N2O5. The normalized spacial score (nSPS) is 14.0. The monoisotopic (exact) mass is 430 g/mol. The second-order valence-corrected chi connectivity index (χ2v) is 7.63. The summed E-state index contributed by atoms with van der Waals surface area (Å²) in [5.74, 6) is 1.43. The SMILES string of the molecule is O=C(Nc1ccc2c(c1)N(CCCc1ccccc1)C(=O)CO2)c1ccc2c(c1)OCO2. The van der Waals surface area contributed by atoms with Crippen molar-refractivity contribution in [3.8, 4) is 17.2 Å². The summed E-state index contributed by atoms with van der Waals surface area (Å²) < 4.78 is 16.2. The highest BCUT2D eigenvalue weighted by molar-refractivity contribution is 6.05. The van der Waals surface area contributed by atoms with Gasteiger partial charge in [-0.15, -0.1) is 0 Å². The van der Waals surface area contributed by atoms with Gasteiger partial charge in [-0.05, 0) is 54.8 Å².